The molecular formula is C13H13N3O3S. The van der Waals surface area contributed by atoms with E-state index in [1.165, 1.54) is 11.3 Å². The fraction of sp³-hybridized carbons (Fsp3) is 0.308. The molecule has 20 heavy (non-hydrogen) atoms. The number of hydrogen-bond acceptors (Lipinski definition) is 4. The van der Waals surface area contributed by atoms with E-state index in [0.717, 1.165) is 0 Å². The van der Waals surface area contributed by atoms with Crippen LogP contribution in [0.1, 0.15) is 27.7 Å². The van der Waals surface area contributed by atoms with E-state index >= 15 is 0 Å². The van der Waals surface area contributed by atoms with E-state index in [1.54, 1.807) is 34.3 Å². The van der Waals surface area contributed by atoms with Crippen LogP contribution in [0.4, 0.5) is 0 Å². The number of fused-ring (bicyclic) bond motifs is 1. The second kappa shape index (κ2) is 4.75. The Morgan fingerprint density at radius 1 is 1.50 bits per heavy atom. The van der Waals surface area contributed by atoms with Crippen molar-refractivity contribution in [3.05, 3.63) is 40.1 Å². The van der Waals surface area contributed by atoms with Crippen molar-refractivity contribution >= 4 is 23.2 Å². The summed E-state index contributed by atoms with van der Waals surface area (Å²) in [6, 6.07) is 1.75. The van der Waals surface area contributed by atoms with Crippen molar-refractivity contribution in [3.63, 3.8) is 0 Å². The van der Waals surface area contributed by atoms with Crippen LogP contribution in [0.2, 0.25) is 0 Å². The Bertz CT molecular complexity index is 662. The molecular weight excluding hydrogens is 278 g/mol. The van der Waals surface area contributed by atoms with Crippen LogP contribution in [-0.2, 0) is 18.4 Å². The van der Waals surface area contributed by atoms with Crippen LogP contribution in [0, 0.1) is 0 Å². The van der Waals surface area contributed by atoms with Crippen molar-refractivity contribution in [1.82, 2.24) is 14.5 Å². The first kappa shape index (κ1) is 12.9. The quantitative estimate of drug-likeness (QED) is 0.905. The molecule has 6 nitrogen and oxygen atoms in total. The first-order valence-corrected chi connectivity index (χ1v) is 7.06. The number of aryl methyl sites for hydroxylation is 1. The van der Waals surface area contributed by atoms with E-state index in [1.807, 2.05) is 5.38 Å². The number of amides is 1. The smallest absolute Gasteiger partial charge is 0.314 e. The number of aliphatic carboxylic acids is 1. The minimum Gasteiger partial charge on any atom is -0.481 e. The average molecular weight is 291 g/mol. The van der Waals surface area contributed by atoms with E-state index in [4.69, 9.17) is 0 Å². The Balaban J connectivity index is 1.94. The third-order valence-electron chi connectivity index (χ3n) is 3.49. The molecule has 104 valence electrons. The molecule has 1 unspecified atom stereocenters. The van der Waals surface area contributed by atoms with Gasteiger partial charge in [0.2, 0.25) is 0 Å². The molecule has 0 radical (unpaired) electrons. The number of carbonyl (C=O) groups is 2. The van der Waals surface area contributed by atoms with Gasteiger partial charge < -0.3 is 14.6 Å². The molecule has 0 spiro atoms. The zero-order chi connectivity index (χ0) is 14.3. The molecule has 0 saturated carbocycles. The van der Waals surface area contributed by atoms with Crippen LogP contribution in [0.15, 0.2) is 23.2 Å². The van der Waals surface area contributed by atoms with Gasteiger partial charge in [0.25, 0.3) is 5.91 Å². The minimum atomic E-state index is -0.933. The molecule has 1 N–H and O–H groups in total. The third kappa shape index (κ3) is 2.00. The molecule has 0 fully saturated rings. The zero-order valence-corrected chi connectivity index (χ0v) is 11.6. The maximum absolute atomic E-state index is 12.4. The first-order valence-electron chi connectivity index (χ1n) is 6.12. The highest BCUT2D eigenvalue weighted by Crippen LogP contribution is 2.28. The van der Waals surface area contributed by atoms with E-state index in [0.29, 0.717) is 23.5 Å². The van der Waals surface area contributed by atoms with Gasteiger partial charge in [0.15, 0.2) is 0 Å². The molecule has 0 aliphatic carbocycles. The maximum atomic E-state index is 12.4. The van der Waals surface area contributed by atoms with Crippen LogP contribution in [0.3, 0.4) is 0 Å². The van der Waals surface area contributed by atoms with Gasteiger partial charge in [-0.15, -0.1) is 0 Å². The van der Waals surface area contributed by atoms with E-state index in [9.17, 15) is 14.7 Å². The summed E-state index contributed by atoms with van der Waals surface area (Å²) < 4.78 is 1.72. The standard InChI is InChI=1S/C13H13N3O3S/c1-15-7-14-10-5-16(4-9(11(10)15)13(18)19)12(17)8-2-3-20-6-8/h2-3,6-7,9H,4-5H2,1H3,(H,18,19). The molecule has 0 saturated heterocycles. The normalized spacial score (nSPS) is 17.9. The van der Waals surface area contributed by atoms with Crippen molar-refractivity contribution in [2.24, 2.45) is 7.05 Å². The van der Waals surface area contributed by atoms with Gasteiger partial charge in [0.05, 0.1) is 29.8 Å². The van der Waals surface area contributed by atoms with E-state index in [2.05, 4.69) is 4.98 Å². The summed E-state index contributed by atoms with van der Waals surface area (Å²) in [6.45, 7) is 0.533. The summed E-state index contributed by atoms with van der Waals surface area (Å²) in [5, 5.41) is 13.0. The van der Waals surface area contributed by atoms with Gasteiger partial charge in [0.1, 0.15) is 5.92 Å². The predicted molar refractivity (Wildman–Crippen MR) is 72.6 cm³/mol. The van der Waals surface area contributed by atoms with Gasteiger partial charge in [-0.25, -0.2) is 4.98 Å². The number of carboxylic acid groups (broad SMARTS) is 1. The van der Waals surface area contributed by atoms with Gasteiger partial charge in [0, 0.05) is 19.0 Å². The summed E-state index contributed by atoms with van der Waals surface area (Å²) in [5.74, 6) is -1.81. The SMILES string of the molecule is Cn1cnc2c1C(C(=O)O)CN(C(=O)c1ccsc1)C2. The molecule has 7 heteroatoms. The number of hydrogen-bond donors (Lipinski definition) is 1. The molecule has 0 bridgehead atoms. The van der Waals surface area contributed by atoms with Gasteiger partial charge in [-0.3, -0.25) is 9.59 Å². The van der Waals surface area contributed by atoms with E-state index < -0.39 is 11.9 Å². The number of thiophene rings is 1. The Kier molecular flexibility index (Phi) is 3.06. The first-order chi connectivity index (χ1) is 9.58. The monoisotopic (exact) mass is 291 g/mol. The van der Waals surface area contributed by atoms with Crippen LogP contribution < -0.4 is 0 Å². The maximum Gasteiger partial charge on any atom is 0.314 e. The second-order valence-electron chi connectivity index (χ2n) is 4.78. The summed E-state index contributed by atoms with van der Waals surface area (Å²) >= 11 is 1.45. The largest absolute Gasteiger partial charge is 0.481 e. The van der Waals surface area contributed by atoms with Crippen LogP contribution in [0.5, 0.6) is 0 Å². The molecule has 1 amide bonds. The Labute approximate surface area is 119 Å². The molecule has 3 rings (SSSR count). The Morgan fingerprint density at radius 3 is 2.95 bits per heavy atom. The lowest BCUT2D eigenvalue weighted by Gasteiger charge is -2.30. The number of rotatable bonds is 2. The van der Waals surface area contributed by atoms with Gasteiger partial charge in [-0.1, -0.05) is 0 Å². The minimum absolute atomic E-state index is 0.145. The fourth-order valence-electron chi connectivity index (χ4n) is 2.53. The lowest BCUT2D eigenvalue weighted by Crippen LogP contribution is -2.41. The number of imidazole rings is 1. The van der Waals surface area contributed by atoms with Crippen LogP contribution in [-0.4, -0.2) is 38.0 Å². The predicted octanol–water partition coefficient (Wildman–Crippen LogP) is 1.31. The molecule has 3 heterocycles. The number of carboxylic acids is 1. The number of nitrogens with zero attached hydrogens (tertiary/aromatic N) is 3. The number of aromatic nitrogens is 2. The summed E-state index contributed by atoms with van der Waals surface area (Å²) in [7, 11) is 1.78. The second-order valence-corrected chi connectivity index (χ2v) is 5.56. The Morgan fingerprint density at radius 2 is 2.30 bits per heavy atom. The number of carbonyl (C=O) groups excluding carboxylic acids is 1. The van der Waals surface area contributed by atoms with Gasteiger partial charge in [-0.2, -0.15) is 11.3 Å². The summed E-state index contributed by atoms with van der Waals surface area (Å²) in [6.07, 6.45) is 1.60. The third-order valence-corrected chi connectivity index (χ3v) is 4.17. The van der Waals surface area contributed by atoms with Crippen molar-refractivity contribution in [2.75, 3.05) is 6.54 Å². The molecule has 1 aliphatic rings. The van der Waals surface area contributed by atoms with Gasteiger partial charge >= 0.3 is 5.97 Å². The van der Waals surface area contributed by atoms with Crippen LogP contribution in [0.25, 0.3) is 0 Å². The summed E-state index contributed by atoms with van der Waals surface area (Å²) in [4.78, 5) is 29.6. The zero-order valence-electron chi connectivity index (χ0n) is 10.8. The molecule has 1 atom stereocenters. The van der Waals surface area contributed by atoms with Crippen LogP contribution >= 0.6 is 11.3 Å². The van der Waals surface area contributed by atoms with Crippen molar-refractivity contribution in [1.29, 1.82) is 0 Å². The molecule has 0 aromatic carbocycles. The summed E-state index contributed by atoms with van der Waals surface area (Å²) in [5.41, 5.74) is 1.94. The molecule has 1 aliphatic heterocycles. The highest BCUT2D eigenvalue weighted by molar-refractivity contribution is 7.08. The topological polar surface area (TPSA) is 75.4 Å². The van der Waals surface area contributed by atoms with Crippen molar-refractivity contribution in [2.45, 2.75) is 12.5 Å². The highest BCUT2D eigenvalue weighted by atomic mass is 32.1. The highest BCUT2D eigenvalue weighted by Gasteiger charge is 2.35. The lowest BCUT2D eigenvalue weighted by atomic mass is 9.98. The van der Waals surface area contributed by atoms with Crippen molar-refractivity contribution in [3.8, 4) is 0 Å². The van der Waals surface area contributed by atoms with Crippen molar-refractivity contribution < 1.29 is 14.7 Å². The lowest BCUT2D eigenvalue weighted by molar-refractivity contribution is -0.139. The molecule has 2 aromatic heterocycles. The van der Waals surface area contributed by atoms with Gasteiger partial charge in [-0.05, 0) is 11.4 Å². The fourth-order valence-corrected chi connectivity index (χ4v) is 3.16. The Hall–Kier alpha value is -2.15. The van der Waals surface area contributed by atoms with E-state index in [-0.39, 0.29) is 12.5 Å². The average Bonchev–Trinajstić information content (AvgIpc) is 3.07. The molecule has 2 aromatic rings.